The molecule has 0 aliphatic carbocycles. The van der Waals surface area contributed by atoms with Crippen molar-refractivity contribution in [3.05, 3.63) is 94.2 Å². The maximum absolute atomic E-state index is 13.6. The van der Waals surface area contributed by atoms with E-state index in [9.17, 15) is 14.0 Å². The molecular formula is C26H24FN5O3. The van der Waals surface area contributed by atoms with Crippen molar-refractivity contribution in [1.29, 1.82) is 0 Å². The van der Waals surface area contributed by atoms with E-state index in [0.29, 0.717) is 48.6 Å². The molecule has 1 fully saturated rings. The number of anilines is 2. The van der Waals surface area contributed by atoms with Gasteiger partial charge in [0.2, 0.25) is 5.95 Å². The van der Waals surface area contributed by atoms with E-state index < -0.39 is 5.97 Å². The monoisotopic (exact) mass is 473 g/mol. The van der Waals surface area contributed by atoms with Crippen molar-refractivity contribution in [2.45, 2.75) is 6.54 Å². The highest BCUT2D eigenvalue weighted by molar-refractivity contribution is 5.94. The molecule has 9 heteroatoms. The van der Waals surface area contributed by atoms with Gasteiger partial charge < -0.3 is 14.5 Å². The number of ether oxygens (including phenoxy) is 1. The predicted molar refractivity (Wildman–Crippen MR) is 132 cm³/mol. The van der Waals surface area contributed by atoms with Crippen LogP contribution in [-0.2, 0) is 11.3 Å². The first-order valence-electron chi connectivity index (χ1n) is 11.3. The summed E-state index contributed by atoms with van der Waals surface area (Å²) < 4.78 is 19.9. The van der Waals surface area contributed by atoms with Gasteiger partial charge in [0, 0.05) is 32.4 Å². The average Bonchev–Trinajstić information content (AvgIpc) is 2.91. The Kier molecular flexibility index (Phi) is 6.13. The first-order chi connectivity index (χ1) is 17.0. The van der Waals surface area contributed by atoms with Gasteiger partial charge in [-0.3, -0.25) is 9.36 Å². The predicted octanol–water partition coefficient (Wildman–Crippen LogP) is 3.09. The summed E-state index contributed by atoms with van der Waals surface area (Å²) in [7, 11) is 1.31. The molecule has 0 bridgehead atoms. The number of pyridine rings is 1. The van der Waals surface area contributed by atoms with Crippen molar-refractivity contribution in [2.24, 2.45) is 0 Å². The van der Waals surface area contributed by atoms with Crippen molar-refractivity contribution in [2.75, 3.05) is 43.1 Å². The van der Waals surface area contributed by atoms with Gasteiger partial charge in [-0.15, -0.1) is 0 Å². The van der Waals surface area contributed by atoms with Gasteiger partial charge in [0.05, 0.1) is 30.1 Å². The summed E-state index contributed by atoms with van der Waals surface area (Å²) in [6.45, 7) is 2.94. The summed E-state index contributed by atoms with van der Waals surface area (Å²) in [5.41, 5.74) is 1.32. The van der Waals surface area contributed by atoms with Crippen LogP contribution in [0.15, 0.2) is 71.7 Å². The Labute approximate surface area is 201 Å². The van der Waals surface area contributed by atoms with Gasteiger partial charge in [-0.25, -0.2) is 19.2 Å². The topological polar surface area (TPSA) is 80.6 Å². The van der Waals surface area contributed by atoms with E-state index in [0.717, 1.165) is 11.4 Å². The fraction of sp³-hybridized carbons (Fsp3) is 0.231. The van der Waals surface area contributed by atoms with Crippen LogP contribution < -0.4 is 15.4 Å². The maximum Gasteiger partial charge on any atom is 0.337 e. The molecule has 0 saturated carbocycles. The normalized spacial score (nSPS) is 13.8. The van der Waals surface area contributed by atoms with Crippen LogP contribution in [0.2, 0.25) is 0 Å². The Morgan fingerprint density at radius 3 is 2.43 bits per heavy atom. The van der Waals surface area contributed by atoms with Gasteiger partial charge >= 0.3 is 5.97 Å². The zero-order valence-corrected chi connectivity index (χ0v) is 19.2. The van der Waals surface area contributed by atoms with Gasteiger partial charge in [-0.05, 0) is 48.0 Å². The molecule has 1 aliphatic rings. The summed E-state index contributed by atoms with van der Waals surface area (Å²) in [4.78, 5) is 39.1. The summed E-state index contributed by atoms with van der Waals surface area (Å²) in [5, 5.41) is 0.399. The molecular weight excluding hydrogens is 449 g/mol. The summed E-state index contributed by atoms with van der Waals surface area (Å²) >= 11 is 0. The van der Waals surface area contributed by atoms with Gasteiger partial charge in [0.1, 0.15) is 11.6 Å². The fourth-order valence-corrected chi connectivity index (χ4v) is 4.29. The van der Waals surface area contributed by atoms with E-state index in [1.54, 1.807) is 41.1 Å². The number of nitrogens with zero attached hydrogens (tertiary/aromatic N) is 5. The smallest absolute Gasteiger partial charge is 0.337 e. The van der Waals surface area contributed by atoms with Crippen LogP contribution in [0.5, 0.6) is 0 Å². The highest BCUT2D eigenvalue weighted by Crippen LogP contribution is 2.21. The number of carbonyl (C=O) groups excluding carboxylic acids is 1. The second kappa shape index (κ2) is 9.54. The Morgan fingerprint density at radius 1 is 1.00 bits per heavy atom. The van der Waals surface area contributed by atoms with Gasteiger partial charge in [-0.1, -0.05) is 18.2 Å². The standard InChI is InChI=1S/C26H24FN5O3/c1-35-25(34)19-7-10-21-22(16-19)29-26(32(24(21)33)17-18-5-8-20(27)9-6-18)31-14-12-30(13-15-31)23-4-2-3-11-28-23/h2-11,16H,12-15,17H2,1H3. The highest BCUT2D eigenvalue weighted by atomic mass is 19.1. The number of hydrogen-bond acceptors (Lipinski definition) is 7. The zero-order valence-electron chi connectivity index (χ0n) is 19.2. The van der Waals surface area contributed by atoms with Crippen LogP contribution in [0.25, 0.3) is 10.9 Å². The molecule has 0 atom stereocenters. The lowest BCUT2D eigenvalue weighted by atomic mass is 10.1. The third-order valence-electron chi connectivity index (χ3n) is 6.15. The second-order valence-corrected chi connectivity index (χ2v) is 8.32. The van der Waals surface area contributed by atoms with Crippen molar-refractivity contribution in [3.8, 4) is 0 Å². The number of piperazine rings is 1. The highest BCUT2D eigenvalue weighted by Gasteiger charge is 2.23. The molecule has 1 aliphatic heterocycles. The number of methoxy groups -OCH3 is 1. The van der Waals surface area contributed by atoms with Crippen molar-refractivity contribution in [3.63, 3.8) is 0 Å². The van der Waals surface area contributed by atoms with Crippen LogP contribution in [0.4, 0.5) is 16.2 Å². The SMILES string of the molecule is COC(=O)c1ccc2c(=O)n(Cc3ccc(F)cc3)c(N3CCN(c4ccccn4)CC3)nc2c1. The minimum atomic E-state index is -0.491. The molecule has 178 valence electrons. The fourth-order valence-electron chi connectivity index (χ4n) is 4.29. The lowest BCUT2D eigenvalue weighted by Crippen LogP contribution is -2.48. The Morgan fingerprint density at radius 2 is 1.74 bits per heavy atom. The van der Waals surface area contributed by atoms with Crippen LogP contribution >= 0.6 is 0 Å². The molecule has 1 saturated heterocycles. The van der Waals surface area contributed by atoms with Crippen LogP contribution in [0.3, 0.4) is 0 Å². The number of aromatic nitrogens is 3. The van der Waals surface area contributed by atoms with Crippen LogP contribution in [-0.4, -0.2) is 53.8 Å². The van der Waals surface area contributed by atoms with Crippen LogP contribution in [0, 0.1) is 5.82 Å². The first kappa shape index (κ1) is 22.5. The molecule has 5 rings (SSSR count). The Hall–Kier alpha value is -4.27. The van der Waals surface area contributed by atoms with E-state index >= 15 is 0 Å². The van der Waals surface area contributed by atoms with E-state index in [4.69, 9.17) is 9.72 Å². The second-order valence-electron chi connectivity index (χ2n) is 8.32. The van der Waals surface area contributed by atoms with Crippen LogP contribution in [0.1, 0.15) is 15.9 Å². The lowest BCUT2D eigenvalue weighted by Gasteiger charge is -2.36. The summed E-state index contributed by atoms with van der Waals surface area (Å²) in [6, 6.07) is 16.6. The lowest BCUT2D eigenvalue weighted by molar-refractivity contribution is 0.0601. The van der Waals surface area contributed by atoms with Crippen molar-refractivity contribution in [1.82, 2.24) is 14.5 Å². The molecule has 0 amide bonds. The molecule has 0 radical (unpaired) electrons. The molecule has 4 aromatic rings. The third-order valence-corrected chi connectivity index (χ3v) is 6.15. The number of halogens is 1. The molecule has 35 heavy (non-hydrogen) atoms. The third kappa shape index (κ3) is 4.57. The van der Waals surface area contributed by atoms with E-state index in [-0.39, 0.29) is 17.9 Å². The van der Waals surface area contributed by atoms with Crippen molar-refractivity contribution < 1.29 is 13.9 Å². The van der Waals surface area contributed by atoms with E-state index in [1.807, 2.05) is 18.2 Å². The average molecular weight is 474 g/mol. The minimum absolute atomic E-state index is 0.224. The van der Waals surface area contributed by atoms with E-state index in [1.165, 1.54) is 19.2 Å². The Bertz CT molecular complexity index is 1420. The zero-order chi connectivity index (χ0) is 24.4. The number of benzene rings is 2. The number of hydrogen-bond donors (Lipinski definition) is 0. The van der Waals surface area contributed by atoms with Gasteiger partial charge in [0.25, 0.3) is 5.56 Å². The molecule has 3 heterocycles. The number of fused-ring (bicyclic) bond motifs is 1. The first-order valence-corrected chi connectivity index (χ1v) is 11.3. The van der Waals surface area contributed by atoms with Gasteiger partial charge in [0.15, 0.2) is 0 Å². The Balaban J connectivity index is 1.54. The molecule has 2 aromatic heterocycles. The van der Waals surface area contributed by atoms with E-state index in [2.05, 4.69) is 14.8 Å². The summed E-state index contributed by atoms with van der Waals surface area (Å²) in [5.74, 6) is 0.591. The van der Waals surface area contributed by atoms with Crippen molar-refractivity contribution >= 4 is 28.6 Å². The maximum atomic E-state index is 13.6. The molecule has 0 spiro atoms. The molecule has 0 N–H and O–H groups in total. The molecule has 0 unspecified atom stereocenters. The minimum Gasteiger partial charge on any atom is -0.465 e. The quantitative estimate of drug-likeness (QED) is 0.412. The van der Waals surface area contributed by atoms with Gasteiger partial charge in [-0.2, -0.15) is 0 Å². The largest absolute Gasteiger partial charge is 0.465 e. The number of rotatable bonds is 5. The number of esters is 1. The molecule has 2 aromatic carbocycles. The summed E-state index contributed by atoms with van der Waals surface area (Å²) in [6.07, 6.45) is 1.77. The molecule has 8 nitrogen and oxygen atoms in total. The number of carbonyl (C=O) groups is 1.